The van der Waals surface area contributed by atoms with E-state index in [-0.39, 0.29) is 18.1 Å². The molecule has 0 aliphatic carbocycles. The molecule has 1 amide bonds. The van der Waals surface area contributed by atoms with Gasteiger partial charge in [-0.05, 0) is 24.3 Å². The average Bonchev–Trinajstić information content (AvgIpc) is 3.67. The first kappa shape index (κ1) is 25.1. The summed E-state index contributed by atoms with van der Waals surface area (Å²) < 4.78 is 13.9. The van der Waals surface area contributed by atoms with E-state index in [4.69, 9.17) is 14.5 Å². The predicted molar refractivity (Wildman–Crippen MR) is 151 cm³/mol. The number of ether oxygens (including phenoxy) is 2. The third-order valence-corrected chi connectivity index (χ3v) is 7.93. The van der Waals surface area contributed by atoms with Crippen molar-refractivity contribution in [2.24, 2.45) is 7.05 Å². The first-order valence-corrected chi connectivity index (χ1v) is 13.6. The lowest BCUT2D eigenvalue weighted by Crippen LogP contribution is -2.50. The van der Waals surface area contributed by atoms with Crippen LogP contribution in [0.3, 0.4) is 0 Å². The van der Waals surface area contributed by atoms with Crippen molar-refractivity contribution in [2.45, 2.75) is 6.54 Å². The second kappa shape index (κ2) is 10.5. The van der Waals surface area contributed by atoms with E-state index in [0.717, 1.165) is 38.5 Å². The molecule has 0 bridgehead atoms. The summed E-state index contributed by atoms with van der Waals surface area (Å²) in [6.07, 6.45) is 0. The van der Waals surface area contributed by atoms with Gasteiger partial charge in [-0.25, -0.2) is 14.8 Å². The maximum Gasteiger partial charge on any atom is 0.329 e. The highest BCUT2D eigenvalue weighted by Gasteiger charge is 2.26. The van der Waals surface area contributed by atoms with E-state index in [9.17, 15) is 9.59 Å². The van der Waals surface area contributed by atoms with Crippen LogP contribution >= 0.6 is 11.3 Å². The van der Waals surface area contributed by atoms with Gasteiger partial charge in [-0.15, -0.1) is 11.3 Å². The number of piperazine rings is 1. The molecular formula is C27H29N7O4S. The normalized spacial score (nSPS) is 14.0. The number of aromatic nitrogens is 5. The molecule has 0 spiro atoms. The number of hydrogen-bond donors (Lipinski definition) is 1. The number of rotatable bonds is 8. The number of aromatic amines is 1. The second-order valence-electron chi connectivity index (χ2n) is 9.40. The molecule has 0 atom stereocenters. The van der Waals surface area contributed by atoms with Gasteiger partial charge in [0.1, 0.15) is 29.6 Å². The van der Waals surface area contributed by atoms with E-state index in [1.807, 2.05) is 52.9 Å². The minimum Gasteiger partial charge on any atom is -0.491 e. The second-order valence-corrected chi connectivity index (χ2v) is 10.2. The number of anilines is 1. The van der Waals surface area contributed by atoms with Gasteiger partial charge in [-0.1, -0.05) is 12.1 Å². The van der Waals surface area contributed by atoms with Gasteiger partial charge < -0.3 is 24.3 Å². The SMILES string of the molecule is COCCOc1ccc2nc(-c3ncsc3N3CCN(C(=O)Cn4c(=O)n(C)c5ccccc54)CC3)[nH]c2c1. The zero-order valence-corrected chi connectivity index (χ0v) is 22.6. The van der Waals surface area contributed by atoms with E-state index in [1.54, 1.807) is 34.6 Å². The van der Waals surface area contributed by atoms with Gasteiger partial charge in [0.2, 0.25) is 5.91 Å². The van der Waals surface area contributed by atoms with Crippen molar-refractivity contribution < 1.29 is 14.3 Å². The lowest BCUT2D eigenvalue weighted by molar-refractivity contribution is -0.132. The number of nitrogens with one attached hydrogen (secondary N) is 1. The van der Waals surface area contributed by atoms with Crippen LogP contribution in [0.1, 0.15) is 0 Å². The predicted octanol–water partition coefficient (Wildman–Crippen LogP) is 2.71. The molecule has 202 valence electrons. The zero-order valence-electron chi connectivity index (χ0n) is 21.8. The first-order valence-electron chi connectivity index (χ1n) is 12.8. The number of hydrogen-bond acceptors (Lipinski definition) is 8. The van der Waals surface area contributed by atoms with Crippen LogP contribution in [0.25, 0.3) is 33.6 Å². The molecule has 6 rings (SSSR count). The Hall–Kier alpha value is -4.16. The van der Waals surface area contributed by atoms with Gasteiger partial charge in [0, 0.05) is 46.4 Å². The monoisotopic (exact) mass is 547 g/mol. The maximum atomic E-state index is 13.2. The van der Waals surface area contributed by atoms with Crippen LogP contribution in [-0.4, -0.2) is 81.4 Å². The Balaban J connectivity index is 1.14. The highest BCUT2D eigenvalue weighted by Crippen LogP contribution is 2.34. The molecule has 1 N–H and O–H groups in total. The molecular weight excluding hydrogens is 518 g/mol. The van der Waals surface area contributed by atoms with Crippen LogP contribution in [-0.2, 0) is 23.1 Å². The molecule has 1 aliphatic rings. The van der Waals surface area contributed by atoms with Crippen LogP contribution < -0.4 is 15.3 Å². The third kappa shape index (κ3) is 4.77. The van der Waals surface area contributed by atoms with Crippen molar-refractivity contribution in [2.75, 3.05) is 51.4 Å². The maximum absolute atomic E-state index is 13.2. The Morgan fingerprint density at radius 1 is 1.08 bits per heavy atom. The number of imidazole rings is 2. The summed E-state index contributed by atoms with van der Waals surface area (Å²) in [6, 6.07) is 13.3. The molecule has 4 heterocycles. The van der Waals surface area contributed by atoms with Crippen molar-refractivity contribution in [3.05, 3.63) is 58.5 Å². The topological polar surface area (TPSA) is 111 Å². The molecule has 1 fully saturated rings. The lowest BCUT2D eigenvalue weighted by atomic mass is 10.3. The van der Waals surface area contributed by atoms with E-state index >= 15 is 0 Å². The molecule has 1 saturated heterocycles. The van der Waals surface area contributed by atoms with Gasteiger partial charge in [0.15, 0.2) is 5.82 Å². The summed E-state index contributed by atoms with van der Waals surface area (Å²) in [7, 11) is 3.38. The summed E-state index contributed by atoms with van der Waals surface area (Å²) in [5, 5.41) is 1.02. The molecule has 5 aromatic rings. The summed E-state index contributed by atoms with van der Waals surface area (Å²) >= 11 is 1.56. The molecule has 12 heteroatoms. The molecule has 39 heavy (non-hydrogen) atoms. The smallest absolute Gasteiger partial charge is 0.329 e. The highest BCUT2D eigenvalue weighted by atomic mass is 32.1. The fraction of sp³-hybridized carbons (Fsp3) is 0.333. The van der Waals surface area contributed by atoms with Crippen molar-refractivity contribution in [3.8, 4) is 17.3 Å². The number of H-pyrrole nitrogens is 1. The van der Waals surface area contributed by atoms with Crippen molar-refractivity contribution in [1.29, 1.82) is 0 Å². The van der Waals surface area contributed by atoms with Crippen molar-refractivity contribution in [1.82, 2.24) is 29.0 Å². The summed E-state index contributed by atoms with van der Waals surface area (Å²) in [4.78, 5) is 42.7. The standard InChI is InChI=1S/C27H29N7O4S/c1-31-21-5-3-4-6-22(21)34(27(31)36)16-23(35)32-9-11-33(12-10-32)26-24(28-17-39-26)25-29-19-8-7-18(15-20(19)30-25)38-14-13-37-2/h3-8,15,17H,9-14,16H2,1-2H3,(H,29,30). The Kier molecular flexibility index (Phi) is 6.79. The number of carbonyl (C=O) groups is 1. The first-order chi connectivity index (χ1) is 19.0. The van der Waals surface area contributed by atoms with Crippen LogP contribution in [0.15, 0.2) is 52.8 Å². The average molecular weight is 548 g/mol. The molecule has 0 saturated carbocycles. The van der Waals surface area contributed by atoms with Crippen molar-refractivity contribution in [3.63, 3.8) is 0 Å². The van der Waals surface area contributed by atoms with Crippen LogP contribution in [0.4, 0.5) is 5.00 Å². The van der Waals surface area contributed by atoms with E-state index < -0.39 is 0 Å². The quantitative estimate of drug-likeness (QED) is 0.298. The van der Waals surface area contributed by atoms with Crippen LogP contribution in [0.5, 0.6) is 5.75 Å². The Morgan fingerprint density at radius 2 is 1.87 bits per heavy atom. The molecule has 0 unspecified atom stereocenters. The molecule has 1 aliphatic heterocycles. The molecule has 0 radical (unpaired) electrons. The van der Waals surface area contributed by atoms with Gasteiger partial charge in [0.25, 0.3) is 0 Å². The number of amides is 1. The summed E-state index contributed by atoms with van der Waals surface area (Å²) in [5.74, 6) is 1.39. The van der Waals surface area contributed by atoms with Crippen LogP contribution in [0, 0.1) is 0 Å². The number of methoxy groups -OCH3 is 1. The highest BCUT2D eigenvalue weighted by molar-refractivity contribution is 7.14. The largest absolute Gasteiger partial charge is 0.491 e. The van der Waals surface area contributed by atoms with Crippen LogP contribution in [0.2, 0.25) is 0 Å². The van der Waals surface area contributed by atoms with E-state index in [2.05, 4.69) is 14.9 Å². The lowest BCUT2D eigenvalue weighted by Gasteiger charge is -2.35. The molecule has 3 aromatic heterocycles. The number of aryl methyl sites for hydroxylation is 1. The Bertz CT molecular complexity index is 1690. The van der Waals surface area contributed by atoms with Gasteiger partial charge in [-0.3, -0.25) is 13.9 Å². The van der Waals surface area contributed by atoms with Gasteiger partial charge >= 0.3 is 5.69 Å². The van der Waals surface area contributed by atoms with Gasteiger partial charge in [-0.2, -0.15) is 0 Å². The number of fused-ring (bicyclic) bond motifs is 2. The van der Waals surface area contributed by atoms with Crippen molar-refractivity contribution >= 4 is 44.3 Å². The summed E-state index contributed by atoms with van der Waals surface area (Å²) in [5.41, 5.74) is 5.72. The fourth-order valence-electron chi connectivity index (χ4n) is 4.97. The zero-order chi connectivity index (χ0) is 26.9. The van der Waals surface area contributed by atoms with E-state index in [0.29, 0.717) is 45.2 Å². The Morgan fingerprint density at radius 3 is 2.67 bits per heavy atom. The Labute approximate surface area is 228 Å². The number of nitrogens with zero attached hydrogens (tertiary/aromatic N) is 6. The summed E-state index contributed by atoms with van der Waals surface area (Å²) in [6.45, 7) is 3.51. The number of benzene rings is 2. The minimum absolute atomic E-state index is 0.0299. The number of carbonyl (C=O) groups excluding carboxylic acids is 1. The third-order valence-electron chi connectivity index (χ3n) is 7.05. The molecule has 2 aromatic carbocycles. The fourth-order valence-corrected chi connectivity index (χ4v) is 5.82. The molecule has 11 nitrogen and oxygen atoms in total. The number of para-hydroxylation sites is 2. The van der Waals surface area contributed by atoms with Gasteiger partial charge in [0.05, 0.1) is 34.2 Å². The van der Waals surface area contributed by atoms with E-state index in [1.165, 1.54) is 0 Å². The minimum atomic E-state index is -0.183. The number of thiazole rings is 1.